The molecule has 1 amide bonds. The van der Waals surface area contributed by atoms with Crippen LogP contribution in [-0.2, 0) is 4.79 Å². The second-order valence-corrected chi connectivity index (χ2v) is 4.35. The smallest absolute Gasteiger partial charge is 0.306 e. The number of carboxylic acid groups (broad SMARTS) is 1. The summed E-state index contributed by atoms with van der Waals surface area (Å²) in [5, 5.41) is 11.4. The van der Waals surface area contributed by atoms with Crippen LogP contribution in [0.2, 0.25) is 0 Å². The fourth-order valence-corrected chi connectivity index (χ4v) is 1.61. The van der Waals surface area contributed by atoms with Crippen LogP contribution in [0.25, 0.3) is 0 Å². The number of aliphatic carboxylic acids is 1. The van der Waals surface area contributed by atoms with Gasteiger partial charge in [0.15, 0.2) is 11.5 Å². The van der Waals surface area contributed by atoms with E-state index in [1.807, 2.05) is 0 Å². The molecule has 0 radical (unpaired) electrons. The van der Waals surface area contributed by atoms with E-state index in [9.17, 15) is 9.59 Å². The number of nitrogens with one attached hydrogen (secondary N) is 1. The molecule has 0 aliphatic rings. The monoisotopic (exact) mass is 281 g/mol. The molecule has 0 spiro atoms. The van der Waals surface area contributed by atoms with E-state index in [4.69, 9.17) is 14.6 Å². The molecule has 1 atom stereocenters. The van der Waals surface area contributed by atoms with E-state index in [0.717, 1.165) is 0 Å². The summed E-state index contributed by atoms with van der Waals surface area (Å²) < 4.78 is 10.2. The van der Waals surface area contributed by atoms with Gasteiger partial charge in [0.25, 0.3) is 5.91 Å². The van der Waals surface area contributed by atoms with Gasteiger partial charge in [-0.15, -0.1) is 0 Å². The van der Waals surface area contributed by atoms with Crippen LogP contribution >= 0.6 is 0 Å². The van der Waals surface area contributed by atoms with E-state index in [-0.39, 0.29) is 5.91 Å². The molecule has 0 fully saturated rings. The lowest BCUT2D eigenvalue weighted by molar-refractivity contribution is -0.141. The SMILES string of the molecule is COc1ccc(C(=O)NCCC(C)C(=O)O)cc1OC. The third kappa shape index (κ3) is 4.15. The van der Waals surface area contributed by atoms with Crippen LogP contribution in [0.4, 0.5) is 0 Å². The molecule has 1 unspecified atom stereocenters. The van der Waals surface area contributed by atoms with Gasteiger partial charge in [0, 0.05) is 12.1 Å². The van der Waals surface area contributed by atoms with Crippen molar-refractivity contribution >= 4 is 11.9 Å². The Hall–Kier alpha value is -2.24. The minimum absolute atomic E-state index is 0.274. The van der Waals surface area contributed by atoms with Crippen molar-refractivity contribution in [2.24, 2.45) is 5.92 Å². The maximum Gasteiger partial charge on any atom is 0.306 e. The first-order valence-corrected chi connectivity index (χ1v) is 6.22. The molecule has 0 aromatic heterocycles. The highest BCUT2D eigenvalue weighted by Gasteiger charge is 2.13. The Balaban J connectivity index is 2.62. The zero-order valence-electron chi connectivity index (χ0n) is 11.8. The molecule has 0 bridgehead atoms. The summed E-state index contributed by atoms with van der Waals surface area (Å²) in [5.41, 5.74) is 0.436. The number of methoxy groups -OCH3 is 2. The van der Waals surface area contributed by atoms with Gasteiger partial charge in [-0.1, -0.05) is 6.92 Å². The molecule has 0 saturated carbocycles. The highest BCUT2D eigenvalue weighted by molar-refractivity contribution is 5.94. The highest BCUT2D eigenvalue weighted by Crippen LogP contribution is 2.27. The molecule has 2 N–H and O–H groups in total. The molecule has 0 saturated heterocycles. The number of hydrogen-bond donors (Lipinski definition) is 2. The van der Waals surface area contributed by atoms with E-state index in [1.165, 1.54) is 14.2 Å². The Bertz CT molecular complexity index is 486. The average molecular weight is 281 g/mol. The Labute approximate surface area is 117 Å². The molecule has 1 rings (SSSR count). The number of amides is 1. The molecule has 1 aromatic carbocycles. The summed E-state index contributed by atoms with van der Waals surface area (Å²) in [6.07, 6.45) is 0.383. The summed E-state index contributed by atoms with van der Waals surface area (Å²) in [6.45, 7) is 1.91. The third-order valence-electron chi connectivity index (χ3n) is 2.93. The van der Waals surface area contributed by atoms with Crippen molar-refractivity contribution in [3.63, 3.8) is 0 Å². The van der Waals surface area contributed by atoms with Gasteiger partial charge in [-0.05, 0) is 24.6 Å². The summed E-state index contributed by atoms with van der Waals surface area (Å²) in [7, 11) is 3.01. The quantitative estimate of drug-likeness (QED) is 0.792. The standard InChI is InChI=1S/C14H19NO5/c1-9(14(17)18)6-7-15-13(16)10-4-5-11(19-2)12(8-10)20-3/h4-5,8-9H,6-7H2,1-3H3,(H,15,16)(H,17,18). The molecule has 20 heavy (non-hydrogen) atoms. The number of benzene rings is 1. The van der Waals surface area contributed by atoms with Crippen LogP contribution in [0.3, 0.4) is 0 Å². The van der Waals surface area contributed by atoms with E-state index >= 15 is 0 Å². The van der Waals surface area contributed by atoms with Gasteiger partial charge in [-0.3, -0.25) is 9.59 Å². The van der Waals surface area contributed by atoms with Crippen molar-refractivity contribution < 1.29 is 24.2 Å². The maximum absolute atomic E-state index is 11.9. The second-order valence-electron chi connectivity index (χ2n) is 4.35. The predicted molar refractivity (Wildman–Crippen MR) is 73.3 cm³/mol. The van der Waals surface area contributed by atoms with Crippen LogP contribution in [0.1, 0.15) is 23.7 Å². The van der Waals surface area contributed by atoms with Crippen molar-refractivity contribution in [3.05, 3.63) is 23.8 Å². The van der Waals surface area contributed by atoms with Crippen LogP contribution in [-0.4, -0.2) is 37.7 Å². The zero-order chi connectivity index (χ0) is 15.1. The lowest BCUT2D eigenvalue weighted by atomic mass is 10.1. The summed E-state index contributed by atoms with van der Waals surface area (Å²) in [5.74, 6) is -0.614. The summed E-state index contributed by atoms with van der Waals surface area (Å²) in [6, 6.07) is 4.85. The number of hydrogen-bond acceptors (Lipinski definition) is 4. The Morgan fingerprint density at radius 2 is 1.90 bits per heavy atom. The van der Waals surface area contributed by atoms with Crippen molar-refractivity contribution in [2.45, 2.75) is 13.3 Å². The Morgan fingerprint density at radius 3 is 2.45 bits per heavy atom. The van der Waals surface area contributed by atoms with Crippen LogP contribution in [0, 0.1) is 5.92 Å². The number of rotatable bonds is 7. The van der Waals surface area contributed by atoms with Crippen molar-refractivity contribution in [1.82, 2.24) is 5.32 Å². The molecule has 6 heteroatoms. The first-order chi connectivity index (χ1) is 9.49. The van der Waals surface area contributed by atoms with Gasteiger partial charge in [-0.25, -0.2) is 0 Å². The molecule has 0 aliphatic carbocycles. The molecular weight excluding hydrogens is 262 g/mol. The minimum atomic E-state index is -0.870. The number of carbonyl (C=O) groups excluding carboxylic acids is 1. The summed E-state index contributed by atoms with van der Waals surface area (Å²) in [4.78, 5) is 22.6. The first kappa shape index (κ1) is 15.8. The number of carboxylic acids is 1. The lowest BCUT2D eigenvalue weighted by Gasteiger charge is -2.10. The topological polar surface area (TPSA) is 84.9 Å². The van der Waals surface area contributed by atoms with Gasteiger partial charge in [0.2, 0.25) is 0 Å². The lowest BCUT2D eigenvalue weighted by Crippen LogP contribution is -2.27. The molecular formula is C14H19NO5. The first-order valence-electron chi connectivity index (χ1n) is 6.22. The Morgan fingerprint density at radius 1 is 1.25 bits per heavy atom. The van der Waals surface area contributed by atoms with E-state index in [0.29, 0.717) is 30.0 Å². The molecule has 0 aliphatic heterocycles. The molecule has 110 valence electrons. The number of carbonyl (C=O) groups is 2. The minimum Gasteiger partial charge on any atom is -0.493 e. The van der Waals surface area contributed by atoms with Crippen molar-refractivity contribution in [3.8, 4) is 11.5 Å². The van der Waals surface area contributed by atoms with Crippen LogP contribution in [0.5, 0.6) is 11.5 Å². The fourth-order valence-electron chi connectivity index (χ4n) is 1.61. The van der Waals surface area contributed by atoms with Gasteiger partial charge >= 0.3 is 5.97 Å². The van der Waals surface area contributed by atoms with E-state index in [2.05, 4.69) is 5.32 Å². The van der Waals surface area contributed by atoms with E-state index in [1.54, 1.807) is 25.1 Å². The van der Waals surface area contributed by atoms with Gasteiger partial charge in [0.1, 0.15) is 0 Å². The largest absolute Gasteiger partial charge is 0.493 e. The number of ether oxygens (including phenoxy) is 2. The fraction of sp³-hybridized carbons (Fsp3) is 0.429. The van der Waals surface area contributed by atoms with E-state index < -0.39 is 11.9 Å². The normalized spacial score (nSPS) is 11.6. The zero-order valence-corrected chi connectivity index (χ0v) is 11.8. The second kappa shape index (κ2) is 7.37. The third-order valence-corrected chi connectivity index (χ3v) is 2.93. The van der Waals surface area contributed by atoms with Gasteiger partial charge in [-0.2, -0.15) is 0 Å². The predicted octanol–water partition coefficient (Wildman–Crippen LogP) is 1.54. The van der Waals surface area contributed by atoms with Crippen molar-refractivity contribution in [1.29, 1.82) is 0 Å². The van der Waals surface area contributed by atoms with Crippen LogP contribution in [0.15, 0.2) is 18.2 Å². The average Bonchev–Trinajstić information content (AvgIpc) is 2.45. The maximum atomic E-state index is 11.9. The molecule has 1 aromatic rings. The van der Waals surface area contributed by atoms with Crippen molar-refractivity contribution in [2.75, 3.05) is 20.8 Å². The Kier molecular flexibility index (Phi) is 5.83. The van der Waals surface area contributed by atoms with Crippen LogP contribution < -0.4 is 14.8 Å². The molecule has 0 heterocycles. The molecule has 6 nitrogen and oxygen atoms in total. The highest BCUT2D eigenvalue weighted by atomic mass is 16.5. The van der Waals surface area contributed by atoms with Gasteiger partial charge < -0.3 is 19.9 Å². The van der Waals surface area contributed by atoms with Gasteiger partial charge in [0.05, 0.1) is 20.1 Å². The summed E-state index contributed by atoms with van der Waals surface area (Å²) >= 11 is 0.